The van der Waals surface area contributed by atoms with Gasteiger partial charge in [0.25, 0.3) is 0 Å². The Kier molecular flexibility index (Phi) is 7.52. The number of carbonyl (C=O) groups is 1. The Morgan fingerprint density at radius 3 is 2.46 bits per heavy atom. The number of rotatable bonds is 5. The molecule has 37 heavy (non-hydrogen) atoms. The lowest BCUT2D eigenvalue weighted by Crippen LogP contribution is -2.53. The molecule has 2 atom stereocenters. The number of anilines is 4. The highest BCUT2D eigenvalue weighted by molar-refractivity contribution is 6.33. The Hall–Kier alpha value is -2.92. The Balaban J connectivity index is 1.40. The maximum atomic E-state index is 13.8. The number of alkyl halides is 1. The van der Waals surface area contributed by atoms with Gasteiger partial charge in [-0.25, -0.2) is 14.2 Å². The van der Waals surface area contributed by atoms with Crippen LogP contribution < -0.4 is 19.6 Å². The monoisotopic (exact) mass is 533 g/mol. The summed E-state index contributed by atoms with van der Waals surface area (Å²) in [7, 11) is 0. The van der Waals surface area contributed by atoms with Crippen molar-refractivity contribution in [3.63, 3.8) is 0 Å². The van der Waals surface area contributed by atoms with Crippen LogP contribution in [0.3, 0.4) is 0 Å². The number of aromatic carboxylic acids is 1. The number of ether oxygens (including phenoxy) is 1. The van der Waals surface area contributed by atoms with Gasteiger partial charge in [0.2, 0.25) is 5.95 Å². The second-order valence-electron chi connectivity index (χ2n) is 9.99. The number of carboxylic acids is 1. The Labute approximate surface area is 221 Å². The molecule has 0 spiro atoms. The third kappa shape index (κ3) is 5.52. The second kappa shape index (κ2) is 10.8. The molecule has 3 fully saturated rings. The Morgan fingerprint density at radius 1 is 1.03 bits per heavy atom. The van der Waals surface area contributed by atoms with Crippen molar-refractivity contribution in [2.45, 2.75) is 44.9 Å². The van der Waals surface area contributed by atoms with Gasteiger partial charge >= 0.3 is 5.97 Å². The fraction of sp³-hybridized carbons (Fsp3) is 0.600. The summed E-state index contributed by atoms with van der Waals surface area (Å²) >= 11 is 6.40. The molecule has 200 valence electrons. The van der Waals surface area contributed by atoms with Crippen LogP contribution in [0, 0.1) is 0 Å². The maximum absolute atomic E-state index is 13.8. The van der Waals surface area contributed by atoms with E-state index in [0.717, 1.165) is 18.2 Å². The van der Waals surface area contributed by atoms with Crippen molar-refractivity contribution in [1.29, 1.82) is 0 Å². The molecule has 0 radical (unpaired) electrons. The Bertz CT molecular complexity index is 1130. The molecule has 0 unspecified atom stereocenters. The summed E-state index contributed by atoms with van der Waals surface area (Å²) in [6.45, 7) is 9.46. The molecule has 5 rings (SSSR count). The molecule has 12 heteroatoms. The van der Waals surface area contributed by atoms with E-state index in [0.29, 0.717) is 75.6 Å². The molecule has 0 saturated carbocycles. The molecule has 1 N–H and O–H groups in total. The lowest BCUT2D eigenvalue weighted by molar-refractivity contribution is 0.0696. The van der Waals surface area contributed by atoms with E-state index in [1.807, 2.05) is 6.07 Å². The summed E-state index contributed by atoms with van der Waals surface area (Å²) in [5.41, 5.74) is 0.0654. The van der Waals surface area contributed by atoms with Gasteiger partial charge in [0.15, 0.2) is 0 Å². The average molecular weight is 534 g/mol. The van der Waals surface area contributed by atoms with Crippen molar-refractivity contribution >= 4 is 41.0 Å². The highest BCUT2D eigenvalue weighted by atomic mass is 35.5. The first-order valence-electron chi connectivity index (χ1n) is 12.8. The molecule has 3 aliphatic heterocycles. The van der Waals surface area contributed by atoms with Crippen molar-refractivity contribution in [3.8, 4) is 0 Å². The van der Waals surface area contributed by atoms with Crippen LogP contribution in [-0.4, -0.2) is 96.8 Å². The van der Waals surface area contributed by atoms with Crippen molar-refractivity contribution in [2.24, 2.45) is 0 Å². The SMILES string of the molecule is C[C@@H]1CN(c2ncc(C(=O)O)cc2Cl)CCN1c1cc(N2CCC(F)CC2)nc(N2CCOC[C@@H]2C)n1. The van der Waals surface area contributed by atoms with Crippen molar-refractivity contribution in [1.82, 2.24) is 15.0 Å². The summed E-state index contributed by atoms with van der Waals surface area (Å²) < 4.78 is 19.5. The fourth-order valence-electron chi connectivity index (χ4n) is 5.22. The fourth-order valence-corrected chi connectivity index (χ4v) is 5.51. The zero-order valence-corrected chi connectivity index (χ0v) is 21.9. The van der Waals surface area contributed by atoms with E-state index >= 15 is 0 Å². The van der Waals surface area contributed by atoms with Crippen molar-refractivity contribution in [3.05, 3.63) is 28.9 Å². The molecule has 2 aromatic heterocycles. The molecular formula is C25H33ClFN7O3. The van der Waals surface area contributed by atoms with E-state index in [9.17, 15) is 14.3 Å². The highest BCUT2D eigenvalue weighted by Gasteiger charge is 2.30. The number of hydrogen-bond donors (Lipinski definition) is 1. The zero-order chi connectivity index (χ0) is 26.1. The normalized spacial score (nSPS) is 23.5. The first-order valence-corrected chi connectivity index (χ1v) is 13.2. The number of piperidine rings is 1. The van der Waals surface area contributed by atoms with E-state index in [2.05, 4.69) is 38.4 Å². The van der Waals surface area contributed by atoms with Crippen LogP contribution in [-0.2, 0) is 4.74 Å². The Morgan fingerprint density at radius 2 is 1.78 bits per heavy atom. The minimum absolute atomic E-state index is 0.0654. The number of pyridine rings is 1. The van der Waals surface area contributed by atoms with Gasteiger partial charge in [-0.2, -0.15) is 9.97 Å². The van der Waals surface area contributed by atoms with E-state index in [1.54, 1.807) is 0 Å². The number of halogens is 2. The topological polar surface area (TPSA) is 98.2 Å². The van der Waals surface area contributed by atoms with Gasteiger partial charge in [0, 0.05) is 57.6 Å². The van der Waals surface area contributed by atoms with Crippen LogP contribution in [0.5, 0.6) is 0 Å². The van der Waals surface area contributed by atoms with Gasteiger partial charge in [0.1, 0.15) is 23.6 Å². The van der Waals surface area contributed by atoms with Gasteiger partial charge < -0.3 is 29.4 Å². The smallest absolute Gasteiger partial charge is 0.337 e. The predicted molar refractivity (Wildman–Crippen MR) is 141 cm³/mol. The number of piperazine rings is 1. The van der Waals surface area contributed by atoms with Gasteiger partial charge in [-0.05, 0) is 32.8 Å². The lowest BCUT2D eigenvalue weighted by Gasteiger charge is -2.42. The van der Waals surface area contributed by atoms with E-state index in [-0.39, 0.29) is 17.6 Å². The molecule has 0 aromatic carbocycles. The number of nitrogens with zero attached hydrogens (tertiary/aromatic N) is 7. The van der Waals surface area contributed by atoms with E-state index in [4.69, 9.17) is 26.3 Å². The molecular weight excluding hydrogens is 501 g/mol. The summed E-state index contributed by atoms with van der Waals surface area (Å²) in [6, 6.07) is 3.70. The van der Waals surface area contributed by atoms with Crippen LogP contribution >= 0.6 is 11.6 Å². The number of hydrogen-bond acceptors (Lipinski definition) is 9. The quantitative estimate of drug-likeness (QED) is 0.617. The first-order chi connectivity index (χ1) is 17.8. The van der Waals surface area contributed by atoms with Gasteiger partial charge in [0.05, 0.1) is 29.8 Å². The summed E-state index contributed by atoms with van der Waals surface area (Å²) in [5, 5.41) is 9.54. The third-order valence-corrected chi connectivity index (χ3v) is 7.63. The lowest BCUT2D eigenvalue weighted by atomic mass is 10.1. The van der Waals surface area contributed by atoms with Gasteiger partial charge in [-0.1, -0.05) is 11.6 Å². The van der Waals surface area contributed by atoms with Crippen LogP contribution in [0.1, 0.15) is 37.0 Å². The molecule has 3 aliphatic rings. The predicted octanol–water partition coefficient (Wildman–Crippen LogP) is 3.10. The van der Waals surface area contributed by atoms with Crippen LogP contribution in [0.2, 0.25) is 5.02 Å². The molecule has 5 heterocycles. The first kappa shape index (κ1) is 25.7. The van der Waals surface area contributed by atoms with Crippen molar-refractivity contribution < 1.29 is 19.0 Å². The molecule has 0 bridgehead atoms. The van der Waals surface area contributed by atoms with Crippen LogP contribution in [0.25, 0.3) is 0 Å². The minimum Gasteiger partial charge on any atom is -0.478 e. The zero-order valence-electron chi connectivity index (χ0n) is 21.2. The summed E-state index contributed by atoms with van der Waals surface area (Å²) in [4.78, 5) is 34.2. The van der Waals surface area contributed by atoms with Gasteiger partial charge in [-0.15, -0.1) is 0 Å². The molecule has 3 saturated heterocycles. The summed E-state index contributed by atoms with van der Waals surface area (Å²) in [5.74, 6) is 1.87. The van der Waals surface area contributed by atoms with E-state index in [1.165, 1.54) is 12.3 Å². The minimum atomic E-state index is -1.06. The molecule has 0 aliphatic carbocycles. The molecule has 0 amide bonds. The summed E-state index contributed by atoms with van der Waals surface area (Å²) in [6.07, 6.45) is 1.60. The van der Waals surface area contributed by atoms with Crippen LogP contribution in [0.4, 0.5) is 27.8 Å². The standard InChI is InChI=1S/C25H33ClFN7O3/c1-16-14-32(23-20(26)11-18(13-28-23)24(35)36)7-8-33(16)22-12-21(31-5-3-19(27)4-6-31)29-25(30-22)34-9-10-37-15-17(34)2/h11-13,16-17,19H,3-10,14-15H2,1-2H3,(H,35,36)/t16-,17+/m1/s1. The highest BCUT2D eigenvalue weighted by Crippen LogP contribution is 2.31. The third-order valence-electron chi connectivity index (χ3n) is 7.35. The number of morpholine rings is 1. The maximum Gasteiger partial charge on any atom is 0.337 e. The largest absolute Gasteiger partial charge is 0.478 e. The second-order valence-corrected chi connectivity index (χ2v) is 10.4. The molecule has 10 nitrogen and oxygen atoms in total. The molecule has 2 aromatic rings. The van der Waals surface area contributed by atoms with Crippen molar-refractivity contribution in [2.75, 3.05) is 72.1 Å². The number of aromatic nitrogens is 3. The van der Waals surface area contributed by atoms with Gasteiger partial charge in [-0.3, -0.25) is 0 Å². The van der Waals surface area contributed by atoms with Crippen LogP contribution in [0.15, 0.2) is 18.3 Å². The van der Waals surface area contributed by atoms with E-state index < -0.39 is 12.1 Å². The average Bonchev–Trinajstić information content (AvgIpc) is 2.89. The number of carboxylic acid groups (broad SMARTS) is 1.